The predicted octanol–water partition coefficient (Wildman–Crippen LogP) is 0.0413. The third kappa shape index (κ3) is 4.24. The monoisotopic (exact) mass is 324 g/mol. The van der Waals surface area contributed by atoms with Gasteiger partial charge in [0.1, 0.15) is 6.04 Å². The van der Waals surface area contributed by atoms with Crippen molar-refractivity contribution < 1.29 is 9.53 Å². The Kier molecular flexibility index (Phi) is 5.91. The van der Waals surface area contributed by atoms with Gasteiger partial charge in [-0.25, -0.2) is 0 Å². The number of likely N-dealkylation sites (tertiary alicyclic amines) is 2. The zero-order chi connectivity index (χ0) is 16.1. The maximum atomic E-state index is 12.4. The van der Waals surface area contributed by atoms with Crippen LogP contribution in [0.4, 0.5) is 0 Å². The van der Waals surface area contributed by atoms with Gasteiger partial charge in [0.25, 0.3) is 0 Å². The van der Waals surface area contributed by atoms with Gasteiger partial charge in [-0.1, -0.05) is 6.42 Å². The fraction of sp³-hybridized carbons (Fsp3) is 0.941. The molecule has 3 heterocycles. The van der Waals surface area contributed by atoms with Gasteiger partial charge in [-0.05, 0) is 58.9 Å². The van der Waals surface area contributed by atoms with Crippen LogP contribution >= 0.6 is 0 Å². The summed E-state index contributed by atoms with van der Waals surface area (Å²) in [5, 5.41) is 6.48. The molecule has 3 saturated heterocycles. The van der Waals surface area contributed by atoms with E-state index in [0.29, 0.717) is 13.2 Å². The van der Waals surface area contributed by atoms with Crippen molar-refractivity contribution in [3.63, 3.8) is 0 Å². The molecule has 0 aromatic heterocycles. The van der Waals surface area contributed by atoms with Gasteiger partial charge in [-0.15, -0.1) is 0 Å². The quantitative estimate of drug-likeness (QED) is 0.765. The number of hydrogen-bond acceptors (Lipinski definition) is 5. The maximum absolute atomic E-state index is 12.4. The van der Waals surface area contributed by atoms with Crippen molar-refractivity contribution in [2.45, 2.75) is 43.7 Å². The third-order valence-electron chi connectivity index (χ3n) is 5.77. The molecule has 0 bridgehead atoms. The Morgan fingerprint density at radius 3 is 2.61 bits per heavy atom. The largest absolute Gasteiger partial charge is 0.378 e. The summed E-state index contributed by atoms with van der Waals surface area (Å²) in [6.07, 6.45) is 6.24. The van der Waals surface area contributed by atoms with Gasteiger partial charge >= 0.3 is 0 Å². The molecular formula is C17H32N4O2. The number of rotatable bonds is 4. The second-order valence-electron chi connectivity index (χ2n) is 7.37. The van der Waals surface area contributed by atoms with E-state index in [9.17, 15) is 4.79 Å². The van der Waals surface area contributed by atoms with E-state index in [1.54, 1.807) is 0 Å². The van der Waals surface area contributed by atoms with E-state index in [2.05, 4.69) is 27.5 Å². The lowest BCUT2D eigenvalue weighted by Crippen LogP contribution is -2.62. The van der Waals surface area contributed by atoms with E-state index in [1.165, 1.54) is 32.4 Å². The molecule has 6 heteroatoms. The van der Waals surface area contributed by atoms with E-state index in [4.69, 9.17) is 4.74 Å². The van der Waals surface area contributed by atoms with Gasteiger partial charge in [0, 0.05) is 18.6 Å². The van der Waals surface area contributed by atoms with Crippen molar-refractivity contribution in [3.05, 3.63) is 0 Å². The Bertz CT molecular complexity index is 384. The SMILES string of the molecule is CN1CCC(CNC(=O)C2COCCN2)(N2CCCCC2)CC1. The summed E-state index contributed by atoms with van der Waals surface area (Å²) in [4.78, 5) is 17.5. The normalized spacial score (nSPS) is 30.0. The van der Waals surface area contributed by atoms with E-state index >= 15 is 0 Å². The van der Waals surface area contributed by atoms with Crippen LogP contribution in [0.3, 0.4) is 0 Å². The van der Waals surface area contributed by atoms with E-state index in [1.807, 2.05) is 0 Å². The average Bonchev–Trinajstić information content (AvgIpc) is 2.63. The summed E-state index contributed by atoms with van der Waals surface area (Å²) in [7, 11) is 2.20. The zero-order valence-electron chi connectivity index (χ0n) is 14.5. The maximum Gasteiger partial charge on any atom is 0.239 e. The van der Waals surface area contributed by atoms with Crippen molar-refractivity contribution in [3.8, 4) is 0 Å². The topological polar surface area (TPSA) is 56.8 Å². The van der Waals surface area contributed by atoms with Gasteiger partial charge in [0.15, 0.2) is 0 Å². The molecule has 0 radical (unpaired) electrons. The van der Waals surface area contributed by atoms with Gasteiger partial charge in [-0.3, -0.25) is 9.69 Å². The molecule has 3 aliphatic rings. The molecule has 3 fully saturated rings. The number of piperidine rings is 2. The van der Waals surface area contributed by atoms with Crippen LogP contribution in [0.25, 0.3) is 0 Å². The van der Waals surface area contributed by atoms with Crippen LogP contribution in [0.2, 0.25) is 0 Å². The lowest BCUT2D eigenvalue weighted by Gasteiger charge is -2.50. The molecule has 6 nitrogen and oxygen atoms in total. The highest BCUT2D eigenvalue weighted by atomic mass is 16.5. The van der Waals surface area contributed by atoms with E-state index < -0.39 is 0 Å². The van der Waals surface area contributed by atoms with Crippen molar-refractivity contribution in [1.29, 1.82) is 0 Å². The van der Waals surface area contributed by atoms with Gasteiger partial charge in [0.05, 0.1) is 13.2 Å². The molecular weight excluding hydrogens is 292 g/mol. The molecule has 0 spiro atoms. The number of carbonyl (C=O) groups excluding carboxylic acids is 1. The highest BCUT2D eigenvalue weighted by Gasteiger charge is 2.40. The van der Waals surface area contributed by atoms with Crippen LogP contribution in [-0.2, 0) is 9.53 Å². The number of amides is 1. The molecule has 132 valence electrons. The smallest absolute Gasteiger partial charge is 0.239 e. The first-order valence-electron chi connectivity index (χ1n) is 9.22. The lowest BCUT2D eigenvalue weighted by molar-refractivity contribution is -0.127. The van der Waals surface area contributed by atoms with Crippen molar-refractivity contribution >= 4 is 5.91 Å². The number of carbonyl (C=O) groups is 1. The molecule has 0 aromatic rings. The van der Waals surface area contributed by atoms with Gasteiger partial charge in [-0.2, -0.15) is 0 Å². The fourth-order valence-corrected chi connectivity index (χ4v) is 4.12. The predicted molar refractivity (Wildman–Crippen MR) is 90.5 cm³/mol. The average molecular weight is 324 g/mol. The Balaban J connectivity index is 1.60. The number of morpholine rings is 1. The second-order valence-corrected chi connectivity index (χ2v) is 7.37. The highest BCUT2D eigenvalue weighted by molar-refractivity contribution is 5.82. The first-order valence-corrected chi connectivity index (χ1v) is 9.22. The standard InChI is InChI=1S/C17H32N4O2/c1-20-10-5-17(6-11-20,21-8-3-2-4-9-21)14-19-16(22)15-13-23-12-7-18-15/h15,18H,2-14H2,1H3,(H,19,22). The summed E-state index contributed by atoms with van der Waals surface area (Å²) < 4.78 is 5.41. The fourth-order valence-electron chi connectivity index (χ4n) is 4.12. The molecule has 0 aromatic carbocycles. The van der Waals surface area contributed by atoms with Gasteiger partial charge < -0.3 is 20.3 Å². The van der Waals surface area contributed by atoms with Crippen molar-refractivity contribution in [2.75, 3.05) is 59.5 Å². The lowest BCUT2D eigenvalue weighted by atomic mass is 9.84. The summed E-state index contributed by atoms with van der Waals surface area (Å²) in [5.74, 6) is 0.0972. The van der Waals surface area contributed by atoms with Crippen LogP contribution in [0.1, 0.15) is 32.1 Å². The van der Waals surface area contributed by atoms with Crippen LogP contribution in [0.15, 0.2) is 0 Å². The number of ether oxygens (including phenoxy) is 1. The minimum atomic E-state index is -0.187. The molecule has 1 unspecified atom stereocenters. The van der Waals surface area contributed by atoms with E-state index in [0.717, 1.165) is 39.0 Å². The van der Waals surface area contributed by atoms with Gasteiger partial charge in [0.2, 0.25) is 5.91 Å². The Labute approximate surface area is 139 Å². The highest BCUT2D eigenvalue weighted by Crippen LogP contribution is 2.30. The van der Waals surface area contributed by atoms with Crippen LogP contribution in [0, 0.1) is 0 Å². The molecule has 1 atom stereocenters. The molecule has 0 aliphatic carbocycles. The van der Waals surface area contributed by atoms with Crippen molar-refractivity contribution in [2.24, 2.45) is 0 Å². The molecule has 3 rings (SSSR count). The second kappa shape index (κ2) is 7.92. The van der Waals surface area contributed by atoms with Crippen LogP contribution in [0.5, 0.6) is 0 Å². The summed E-state index contributed by atoms with van der Waals surface area (Å²) in [5.41, 5.74) is 0.151. The summed E-state index contributed by atoms with van der Waals surface area (Å²) in [6.45, 7) is 7.35. The number of nitrogens with one attached hydrogen (secondary N) is 2. The number of hydrogen-bond donors (Lipinski definition) is 2. The molecule has 2 N–H and O–H groups in total. The van der Waals surface area contributed by atoms with E-state index in [-0.39, 0.29) is 17.5 Å². The van der Waals surface area contributed by atoms with Crippen LogP contribution in [-0.4, -0.2) is 86.8 Å². The minimum Gasteiger partial charge on any atom is -0.378 e. The number of nitrogens with zero attached hydrogens (tertiary/aromatic N) is 2. The Hall–Kier alpha value is -0.690. The molecule has 23 heavy (non-hydrogen) atoms. The molecule has 1 amide bonds. The zero-order valence-corrected chi connectivity index (χ0v) is 14.5. The minimum absolute atomic E-state index is 0.0972. The first kappa shape index (κ1) is 17.1. The Morgan fingerprint density at radius 2 is 1.96 bits per heavy atom. The summed E-state index contributed by atoms with van der Waals surface area (Å²) >= 11 is 0. The Morgan fingerprint density at radius 1 is 1.22 bits per heavy atom. The first-order chi connectivity index (χ1) is 11.2. The van der Waals surface area contributed by atoms with Crippen LogP contribution < -0.4 is 10.6 Å². The molecule has 0 saturated carbocycles. The summed E-state index contributed by atoms with van der Waals surface area (Å²) in [6, 6.07) is -0.187. The molecule has 3 aliphatic heterocycles. The third-order valence-corrected chi connectivity index (χ3v) is 5.77. The van der Waals surface area contributed by atoms with Crippen molar-refractivity contribution in [1.82, 2.24) is 20.4 Å².